The van der Waals surface area contributed by atoms with E-state index in [1.54, 1.807) is 30.9 Å². The fraction of sp³-hybridized carbons (Fsp3) is 0.455. The summed E-state index contributed by atoms with van der Waals surface area (Å²) in [5, 5.41) is 11.7. The third-order valence-electron chi connectivity index (χ3n) is 11.5. The van der Waals surface area contributed by atoms with E-state index in [1.165, 1.54) is 6.07 Å². The van der Waals surface area contributed by atoms with Crippen LogP contribution in [0.15, 0.2) is 60.7 Å². The van der Waals surface area contributed by atoms with Gasteiger partial charge in [-0.15, -0.1) is 0 Å². The number of aryl methyl sites for hydroxylation is 1. The van der Waals surface area contributed by atoms with Gasteiger partial charge in [0.1, 0.15) is 17.9 Å². The van der Waals surface area contributed by atoms with Gasteiger partial charge in [-0.1, -0.05) is 31.2 Å². The van der Waals surface area contributed by atoms with Crippen molar-refractivity contribution in [3.8, 4) is 11.8 Å². The number of piperidine rings is 1. The molecule has 3 atom stereocenters. The predicted molar refractivity (Wildman–Crippen MR) is 221 cm³/mol. The molecule has 0 spiro atoms. The summed E-state index contributed by atoms with van der Waals surface area (Å²) in [6.07, 6.45) is -2.50. The zero-order valence-corrected chi connectivity index (χ0v) is 34.7. The summed E-state index contributed by atoms with van der Waals surface area (Å²) in [5.74, 6) is -0.427. The summed E-state index contributed by atoms with van der Waals surface area (Å²) in [5.41, 5.74) is 0.373. The number of nitrogens with one attached hydrogen (secondary N) is 1. The first kappa shape index (κ1) is 43.4. The molecule has 3 heterocycles. The number of hydrogen-bond donors (Lipinski definition) is 1. The van der Waals surface area contributed by atoms with E-state index in [0.29, 0.717) is 63.2 Å². The van der Waals surface area contributed by atoms with E-state index in [1.807, 2.05) is 43.3 Å². The molecule has 6 rings (SSSR count). The smallest absolute Gasteiger partial charge is 0.417 e. The Hall–Kier alpha value is -5.17. The number of halogens is 3. The number of carbonyl (C=O) groups is 4. The topological polar surface area (TPSA) is 126 Å². The van der Waals surface area contributed by atoms with Gasteiger partial charge in [0, 0.05) is 56.2 Å². The van der Waals surface area contributed by atoms with Crippen molar-refractivity contribution in [3.63, 3.8) is 0 Å². The lowest BCUT2D eigenvalue weighted by atomic mass is 9.90. The van der Waals surface area contributed by atoms with Gasteiger partial charge in [-0.2, -0.15) is 18.4 Å². The molecule has 312 valence electrons. The number of piperazine rings is 1. The largest absolute Gasteiger partial charge is 0.492 e. The van der Waals surface area contributed by atoms with Crippen LogP contribution in [0.1, 0.15) is 75.3 Å². The number of anilines is 2. The van der Waals surface area contributed by atoms with Gasteiger partial charge < -0.3 is 9.64 Å². The Morgan fingerprint density at radius 2 is 1.69 bits per heavy atom. The van der Waals surface area contributed by atoms with Crippen molar-refractivity contribution in [1.29, 1.82) is 5.26 Å². The van der Waals surface area contributed by atoms with Crippen LogP contribution in [0.4, 0.5) is 24.5 Å². The number of hydrogen-bond acceptors (Lipinski definition) is 9. The lowest BCUT2D eigenvalue weighted by Crippen LogP contribution is -2.58. The highest BCUT2D eigenvalue weighted by molar-refractivity contribution is 7.81. The molecule has 3 aliphatic heterocycles. The summed E-state index contributed by atoms with van der Waals surface area (Å²) in [7, 11) is 0. The first-order valence-electron chi connectivity index (χ1n) is 19.9. The Bertz CT molecular complexity index is 2180. The fourth-order valence-electron chi connectivity index (χ4n) is 8.40. The quantitative estimate of drug-likeness (QED) is 0.157. The minimum atomic E-state index is -4.79. The number of imide groups is 1. The number of nitrogens with zero attached hydrogens (tertiary/aromatic N) is 5. The fourth-order valence-corrected chi connectivity index (χ4v) is 8.92. The van der Waals surface area contributed by atoms with Gasteiger partial charge in [0.05, 0.1) is 29.4 Å². The van der Waals surface area contributed by atoms with Gasteiger partial charge in [-0.25, -0.2) is 0 Å². The first-order chi connectivity index (χ1) is 27.9. The molecule has 3 aromatic rings. The van der Waals surface area contributed by atoms with Crippen LogP contribution in [0.2, 0.25) is 0 Å². The standard InChI is InChI=1S/C44H49F3N6O5S/c1-6-31-21-35(53-42(59)52(41(57)43(53,4)5)34-12-10-33(23-48)37(22-34)44(45,46)47)13-14-38(31)58-17-16-50-24-27(2)51(28(3)25-50)26-36(54)20-30-9-7-8-29(18-30)19-32-11-15-39(55)49-40(32)56/h7-10,12-14,18,21-22,27-28,32H,6,11,15-17,19-20,24-26H2,1-5H3,(H,49,55,56)/t27-,28-,32?/m1/s1. The van der Waals surface area contributed by atoms with Gasteiger partial charge in [-0.05, 0) is 112 Å². The number of carbonyl (C=O) groups excluding carboxylic acids is 4. The van der Waals surface area contributed by atoms with Crippen LogP contribution >= 0.6 is 12.2 Å². The van der Waals surface area contributed by atoms with Crippen LogP contribution < -0.4 is 19.9 Å². The number of rotatable bonds is 13. The van der Waals surface area contributed by atoms with Crippen molar-refractivity contribution in [2.24, 2.45) is 5.92 Å². The van der Waals surface area contributed by atoms with Gasteiger partial charge in [-0.3, -0.25) is 39.2 Å². The molecule has 0 bridgehead atoms. The number of thiocarbonyl (C=S) groups is 1. The summed E-state index contributed by atoms with van der Waals surface area (Å²) < 4.78 is 47.7. The Kier molecular flexibility index (Phi) is 12.9. The van der Waals surface area contributed by atoms with Gasteiger partial charge in [0.2, 0.25) is 11.8 Å². The van der Waals surface area contributed by atoms with Crippen molar-refractivity contribution in [3.05, 3.63) is 88.5 Å². The molecule has 3 aliphatic rings. The number of amides is 3. The minimum absolute atomic E-state index is 0.0221. The minimum Gasteiger partial charge on any atom is -0.492 e. The Morgan fingerprint density at radius 3 is 2.36 bits per heavy atom. The molecule has 0 aromatic heterocycles. The van der Waals surface area contributed by atoms with E-state index in [4.69, 9.17) is 17.0 Å². The molecule has 0 saturated carbocycles. The number of ketones is 1. The highest BCUT2D eigenvalue weighted by Crippen LogP contribution is 2.40. The van der Waals surface area contributed by atoms with E-state index >= 15 is 0 Å². The molecule has 59 heavy (non-hydrogen) atoms. The zero-order valence-electron chi connectivity index (χ0n) is 33.9. The highest BCUT2D eigenvalue weighted by atomic mass is 32.1. The number of Topliss-reactive ketones (excluding diaryl/α,β-unsaturated/α-hetero) is 1. The molecular weight excluding hydrogens is 782 g/mol. The monoisotopic (exact) mass is 830 g/mol. The first-order valence-corrected chi connectivity index (χ1v) is 20.3. The Labute approximate surface area is 348 Å². The number of ether oxygens (including phenoxy) is 1. The Morgan fingerprint density at radius 1 is 1.00 bits per heavy atom. The zero-order chi connectivity index (χ0) is 42.8. The molecule has 1 N–H and O–H groups in total. The van der Waals surface area contributed by atoms with Gasteiger partial charge >= 0.3 is 6.18 Å². The summed E-state index contributed by atoms with van der Waals surface area (Å²) in [6, 6.07) is 18.2. The third kappa shape index (κ3) is 9.51. The summed E-state index contributed by atoms with van der Waals surface area (Å²) in [6.45, 7) is 12.5. The van der Waals surface area contributed by atoms with Crippen LogP contribution in [0, 0.1) is 17.2 Å². The van der Waals surface area contributed by atoms with Crippen molar-refractivity contribution in [1.82, 2.24) is 15.1 Å². The van der Waals surface area contributed by atoms with Crippen molar-refractivity contribution in [2.75, 3.05) is 42.6 Å². The van der Waals surface area contributed by atoms with E-state index in [0.717, 1.165) is 46.8 Å². The second kappa shape index (κ2) is 17.6. The number of alkyl halides is 3. The SMILES string of the molecule is CCc1cc(N2C(=S)N(c3ccc(C#N)c(C(F)(F)F)c3)C(=O)C2(C)C)ccc1OCCN1C[C@@H](C)N(CC(=O)Cc2cccc(CC3CCC(=O)NC3=O)c2)[C@H](C)C1. The second-order valence-electron chi connectivity index (χ2n) is 16.2. The molecule has 11 nitrogen and oxygen atoms in total. The van der Waals surface area contributed by atoms with E-state index in [-0.39, 0.29) is 46.4 Å². The molecule has 0 radical (unpaired) electrons. The molecule has 3 fully saturated rings. The summed E-state index contributed by atoms with van der Waals surface area (Å²) in [4.78, 5) is 58.1. The molecule has 0 aliphatic carbocycles. The maximum atomic E-state index is 13.8. The highest BCUT2D eigenvalue weighted by Gasteiger charge is 2.51. The van der Waals surface area contributed by atoms with E-state index in [2.05, 4.69) is 29.0 Å². The molecule has 1 unspecified atom stereocenters. The van der Waals surface area contributed by atoms with Gasteiger partial charge in [0.25, 0.3) is 5.91 Å². The van der Waals surface area contributed by atoms with Crippen molar-refractivity contribution >= 4 is 52.2 Å². The van der Waals surface area contributed by atoms with Crippen LogP contribution in [0.25, 0.3) is 0 Å². The predicted octanol–water partition coefficient (Wildman–Crippen LogP) is 6.24. The van der Waals surface area contributed by atoms with Crippen molar-refractivity contribution in [2.45, 2.75) is 90.5 Å². The normalized spacial score (nSPS) is 21.4. The van der Waals surface area contributed by atoms with E-state index < -0.39 is 28.7 Å². The molecule has 3 saturated heterocycles. The number of nitriles is 1. The van der Waals surface area contributed by atoms with Crippen LogP contribution in [0.5, 0.6) is 5.75 Å². The van der Waals surface area contributed by atoms with Crippen LogP contribution in [0.3, 0.4) is 0 Å². The molecule has 3 aromatic carbocycles. The Balaban J connectivity index is 1.03. The van der Waals surface area contributed by atoms with E-state index in [9.17, 15) is 37.6 Å². The maximum Gasteiger partial charge on any atom is 0.417 e. The average Bonchev–Trinajstić information content (AvgIpc) is 3.35. The van der Waals surface area contributed by atoms with Crippen molar-refractivity contribution < 1.29 is 37.1 Å². The number of benzene rings is 3. The van der Waals surface area contributed by atoms with Crippen LogP contribution in [-0.4, -0.2) is 88.8 Å². The second-order valence-corrected chi connectivity index (χ2v) is 16.5. The maximum absolute atomic E-state index is 13.8. The third-order valence-corrected chi connectivity index (χ3v) is 11.8. The summed E-state index contributed by atoms with van der Waals surface area (Å²) >= 11 is 5.73. The lowest BCUT2D eigenvalue weighted by Gasteiger charge is -2.44. The molecule has 3 amide bonds. The van der Waals surface area contributed by atoms with Crippen LogP contribution in [-0.2, 0) is 44.6 Å². The average molecular weight is 831 g/mol. The molecular formula is C44H49F3N6O5S. The van der Waals surface area contributed by atoms with Gasteiger partial charge in [0.15, 0.2) is 10.9 Å². The molecule has 15 heteroatoms. The lowest BCUT2D eigenvalue weighted by molar-refractivity contribution is -0.138.